The zero-order chi connectivity index (χ0) is 10.6. The van der Waals surface area contributed by atoms with E-state index in [9.17, 15) is 4.79 Å². The van der Waals surface area contributed by atoms with E-state index in [1.165, 1.54) is 0 Å². The fraction of sp³-hybridized carbons (Fsp3) is 0.400. The van der Waals surface area contributed by atoms with Crippen LogP contribution in [0, 0.1) is 6.92 Å². The Balaban J connectivity index is 2.60. The molecule has 14 heavy (non-hydrogen) atoms. The highest BCUT2D eigenvalue weighted by Gasteiger charge is 2.13. The lowest BCUT2D eigenvalue weighted by atomic mass is 10.3. The molecule has 1 rings (SSSR count). The van der Waals surface area contributed by atoms with Gasteiger partial charge in [0.25, 0.3) is 0 Å². The van der Waals surface area contributed by atoms with Crippen molar-refractivity contribution < 1.29 is 4.79 Å². The predicted molar refractivity (Wildman–Crippen MR) is 54.9 cm³/mol. The van der Waals surface area contributed by atoms with Crippen molar-refractivity contribution in [2.75, 3.05) is 6.54 Å². The monoisotopic (exact) mass is 193 g/mol. The smallest absolute Gasteiger partial charge is 0.244 e. The maximum Gasteiger partial charge on any atom is 0.244 e. The summed E-state index contributed by atoms with van der Waals surface area (Å²) in [5.41, 5.74) is 0.911. The Hall–Kier alpha value is -1.58. The first-order valence-corrected chi connectivity index (χ1v) is 4.55. The SMILES string of the molecule is C=CCNC(=O)C(C)n1ccc(C)n1. The quantitative estimate of drug-likeness (QED) is 0.727. The van der Waals surface area contributed by atoms with Crippen molar-refractivity contribution in [1.29, 1.82) is 0 Å². The second-order valence-electron chi connectivity index (χ2n) is 3.15. The molecule has 0 spiro atoms. The van der Waals surface area contributed by atoms with Gasteiger partial charge >= 0.3 is 0 Å². The molecule has 1 amide bonds. The summed E-state index contributed by atoms with van der Waals surface area (Å²) in [6, 6.07) is 1.60. The average molecular weight is 193 g/mol. The molecule has 1 N–H and O–H groups in total. The second kappa shape index (κ2) is 4.60. The van der Waals surface area contributed by atoms with Crippen LogP contribution in [0.1, 0.15) is 18.7 Å². The molecule has 0 aliphatic carbocycles. The van der Waals surface area contributed by atoms with Gasteiger partial charge in [-0.15, -0.1) is 6.58 Å². The van der Waals surface area contributed by atoms with E-state index in [-0.39, 0.29) is 11.9 Å². The first-order valence-electron chi connectivity index (χ1n) is 4.55. The van der Waals surface area contributed by atoms with E-state index >= 15 is 0 Å². The lowest BCUT2D eigenvalue weighted by molar-refractivity contribution is -0.123. The molecule has 0 radical (unpaired) electrons. The van der Waals surface area contributed by atoms with Crippen LogP contribution in [0.3, 0.4) is 0 Å². The van der Waals surface area contributed by atoms with Crippen molar-refractivity contribution in [2.45, 2.75) is 19.9 Å². The fourth-order valence-corrected chi connectivity index (χ4v) is 1.09. The Bertz CT molecular complexity index is 330. The van der Waals surface area contributed by atoms with Gasteiger partial charge < -0.3 is 5.32 Å². The van der Waals surface area contributed by atoms with Crippen LogP contribution in [0.2, 0.25) is 0 Å². The van der Waals surface area contributed by atoms with Gasteiger partial charge in [-0.3, -0.25) is 9.48 Å². The Kier molecular flexibility index (Phi) is 3.45. The summed E-state index contributed by atoms with van der Waals surface area (Å²) < 4.78 is 1.65. The third kappa shape index (κ3) is 2.45. The summed E-state index contributed by atoms with van der Waals surface area (Å²) in [6.45, 7) is 7.73. The second-order valence-corrected chi connectivity index (χ2v) is 3.15. The van der Waals surface area contributed by atoms with Gasteiger partial charge in [-0.25, -0.2) is 0 Å². The van der Waals surface area contributed by atoms with Crippen LogP contribution >= 0.6 is 0 Å². The van der Waals surface area contributed by atoms with Crippen molar-refractivity contribution >= 4 is 5.91 Å². The van der Waals surface area contributed by atoms with Gasteiger partial charge in [-0.1, -0.05) is 6.08 Å². The molecular weight excluding hydrogens is 178 g/mol. The first-order chi connectivity index (χ1) is 6.65. The van der Waals surface area contributed by atoms with Gasteiger partial charge in [-0.05, 0) is 19.9 Å². The highest BCUT2D eigenvalue weighted by atomic mass is 16.2. The molecule has 0 fully saturated rings. The molecule has 76 valence electrons. The van der Waals surface area contributed by atoms with E-state index in [1.807, 2.05) is 19.9 Å². The molecule has 4 nitrogen and oxygen atoms in total. The molecule has 1 aromatic heterocycles. The van der Waals surface area contributed by atoms with Crippen LogP contribution < -0.4 is 5.32 Å². The maximum absolute atomic E-state index is 11.5. The minimum absolute atomic E-state index is 0.0481. The molecule has 0 aliphatic heterocycles. The Labute approximate surface area is 83.6 Å². The Morgan fingerprint density at radius 1 is 1.86 bits per heavy atom. The van der Waals surface area contributed by atoms with Crippen LogP contribution in [-0.2, 0) is 4.79 Å². The summed E-state index contributed by atoms with van der Waals surface area (Å²) in [4.78, 5) is 11.5. The third-order valence-electron chi connectivity index (χ3n) is 1.94. The van der Waals surface area contributed by atoms with Crippen molar-refractivity contribution in [3.8, 4) is 0 Å². The van der Waals surface area contributed by atoms with Gasteiger partial charge in [0.1, 0.15) is 6.04 Å². The van der Waals surface area contributed by atoms with E-state index in [1.54, 1.807) is 17.0 Å². The highest BCUT2D eigenvalue weighted by molar-refractivity contribution is 5.79. The van der Waals surface area contributed by atoms with E-state index in [4.69, 9.17) is 0 Å². The summed E-state index contributed by atoms with van der Waals surface area (Å²) in [5.74, 6) is -0.0481. The normalized spacial score (nSPS) is 12.1. The molecule has 0 aromatic carbocycles. The van der Waals surface area contributed by atoms with Crippen LogP contribution in [0.15, 0.2) is 24.9 Å². The first kappa shape index (κ1) is 10.5. The van der Waals surface area contributed by atoms with Crippen LogP contribution in [0.5, 0.6) is 0 Å². The number of rotatable bonds is 4. The molecule has 0 saturated heterocycles. The molecule has 1 heterocycles. The summed E-state index contributed by atoms with van der Waals surface area (Å²) in [7, 11) is 0. The van der Waals surface area contributed by atoms with Crippen LogP contribution in [0.25, 0.3) is 0 Å². The van der Waals surface area contributed by atoms with Gasteiger partial charge in [-0.2, -0.15) is 5.10 Å². The van der Waals surface area contributed by atoms with Crippen molar-refractivity contribution in [3.05, 3.63) is 30.6 Å². The summed E-state index contributed by atoms with van der Waals surface area (Å²) in [5, 5.41) is 6.89. The highest BCUT2D eigenvalue weighted by Crippen LogP contribution is 2.04. The number of carbonyl (C=O) groups excluding carboxylic acids is 1. The third-order valence-corrected chi connectivity index (χ3v) is 1.94. The van der Waals surface area contributed by atoms with Crippen molar-refractivity contribution in [1.82, 2.24) is 15.1 Å². The lowest BCUT2D eigenvalue weighted by Gasteiger charge is -2.11. The Morgan fingerprint density at radius 2 is 2.57 bits per heavy atom. The molecule has 0 aliphatic rings. The molecule has 4 heteroatoms. The standard InChI is InChI=1S/C10H15N3O/c1-4-6-11-10(14)9(3)13-7-5-8(2)12-13/h4-5,7,9H,1,6H2,2-3H3,(H,11,14). The van der Waals surface area contributed by atoms with Gasteiger partial charge in [0.15, 0.2) is 0 Å². The zero-order valence-electron chi connectivity index (χ0n) is 8.53. The number of hydrogen-bond acceptors (Lipinski definition) is 2. The lowest BCUT2D eigenvalue weighted by Crippen LogP contribution is -2.31. The number of nitrogens with one attached hydrogen (secondary N) is 1. The fourth-order valence-electron chi connectivity index (χ4n) is 1.09. The average Bonchev–Trinajstić information content (AvgIpc) is 2.60. The van der Waals surface area contributed by atoms with Crippen LogP contribution in [-0.4, -0.2) is 22.2 Å². The molecule has 1 aromatic rings. The largest absolute Gasteiger partial charge is 0.351 e. The molecule has 0 bridgehead atoms. The van der Waals surface area contributed by atoms with E-state index in [0.29, 0.717) is 6.54 Å². The van der Waals surface area contributed by atoms with E-state index in [2.05, 4.69) is 17.0 Å². The number of nitrogens with zero attached hydrogens (tertiary/aromatic N) is 2. The van der Waals surface area contributed by atoms with Crippen molar-refractivity contribution in [3.63, 3.8) is 0 Å². The molecular formula is C10H15N3O. The summed E-state index contributed by atoms with van der Waals surface area (Å²) in [6.07, 6.45) is 3.45. The van der Waals surface area contributed by atoms with Gasteiger partial charge in [0.2, 0.25) is 5.91 Å². The number of aryl methyl sites for hydroxylation is 1. The number of hydrogen-bond donors (Lipinski definition) is 1. The molecule has 1 unspecified atom stereocenters. The number of aromatic nitrogens is 2. The van der Waals surface area contributed by atoms with Crippen molar-refractivity contribution in [2.24, 2.45) is 0 Å². The number of carbonyl (C=O) groups is 1. The Morgan fingerprint density at radius 3 is 3.07 bits per heavy atom. The van der Waals surface area contributed by atoms with E-state index < -0.39 is 0 Å². The van der Waals surface area contributed by atoms with Crippen LogP contribution in [0.4, 0.5) is 0 Å². The minimum atomic E-state index is -0.274. The summed E-state index contributed by atoms with van der Waals surface area (Å²) >= 11 is 0. The van der Waals surface area contributed by atoms with Gasteiger partial charge in [0, 0.05) is 12.7 Å². The van der Waals surface area contributed by atoms with Gasteiger partial charge in [0.05, 0.1) is 5.69 Å². The predicted octanol–water partition coefficient (Wildman–Crippen LogP) is 1.05. The molecule has 0 saturated carbocycles. The van der Waals surface area contributed by atoms with E-state index in [0.717, 1.165) is 5.69 Å². The topological polar surface area (TPSA) is 46.9 Å². The maximum atomic E-state index is 11.5. The molecule has 1 atom stereocenters. The zero-order valence-corrected chi connectivity index (χ0v) is 8.53. The minimum Gasteiger partial charge on any atom is -0.351 e. The number of amides is 1.